The van der Waals surface area contributed by atoms with Crippen molar-refractivity contribution in [3.05, 3.63) is 11.9 Å². The molecule has 1 saturated heterocycles. The van der Waals surface area contributed by atoms with Crippen molar-refractivity contribution in [1.82, 2.24) is 9.97 Å². The molecule has 0 bridgehead atoms. The molecule has 112 valence electrons. The van der Waals surface area contributed by atoms with Gasteiger partial charge in [0.1, 0.15) is 17.5 Å². The zero-order valence-corrected chi connectivity index (χ0v) is 13.0. The average Bonchev–Trinajstić information content (AvgIpc) is 2.47. The first-order valence-corrected chi connectivity index (χ1v) is 7.64. The fourth-order valence-corrected chi connectivity index (χ4v) is 2.35. The van der Waals surface area contributed by atoms with Crippen molar-refractivity contribution in [2.45, 2.75) is 52.7 Å². The number of rotatable bonds is 5. The summed E-state index contributed by atoms with van der Waals surface area (Å²) < 4.78 is 5.69. The molecule has 1 N–H and O–H groups in total. The number of hydrogen-bond acceptors (Lipinski definition) is 5. The molecule has 5 nitrogen and oxygen atoms in total. The lowest BCUT2D eigenvalue weighted by Crippen LogP contribution is -2.47. The first-order chi connectivity index (χ1) is 9.63. The lowest BCUT2D eigenvalue weighted by atomic mass is 10.2. The number of ether oxygens (including phenoxy) is 1. The summed E-state index contributed by atoms with van der Waals surface area (Å²) in [5.41, 5.74) is 0. The van der Waals surface area contributed by atoms with Crippen LogP contribution in [-0.4, -0.2) is 41.8 Å². The number of anilines is 2. The number of nitrogens with zero attached hydrogens (tertiary/aromatic N) is 3. The highest BCUT2D eigenvalue weighted by molar-refractivity contribution is 5.50. The maximum absolute atomic E-state index is 5.69. The van der Waals surface area contributed by atoms with E-state index >= 15 is 0 Å². The van der Waals surface area contributed by atoms with Crippen LogP contribution >= 0.6 is 0 Å². The zero-order valence-electron chi connectivity index (χ0n) is 13.0. The molecule has 2 atom stereocenters. The lowest BCUT2D eigenvalue weighted by molar-refractivity contribution is 0.0340. The first-order valence-electron chi connectivity index (χ1n) is 7.64. The fraction of sp³-hybridized carbons (Fsp3) is 0.733. The van der Waals surface area contributed by atoms with E-state index < -0.39 is 0 Å². The molecule has 2 heterocycles. The van der Waals surface area contributed by atoms with Crippen LogP contribution in [0.25, 0.3) is 0 Å². The van der Waals surface area contributed by atoms with Crippen LogP contribution in [0.1, 0.15) is 39.9 Å². The lowest BCUT2D eigenvalue weighted by Gasteiger charge is -2.37. The summed E-state index contributed by atoms with van der Waals surface area (Å²) in [6, 6.07) is 2.41. The predicted molar refractivity (Wildman–Crippen MR) is 82.4 cm³/mol. The summed E-state index contributed by atoms with van der Waals surface area (Å²) in [5, 5.41) is 3.37. The minimum absolute atomic E-state index is 0.248. The third-order valence-electron chi connectivity index (χ3n) is 3.53. The Kier molecular flexibility index (Phi) is 5.17. The molecule has 5 heteroatoms. The second-order valence-corrected chi connectivity index (χ2v) is 5.45. The number of hydrogen-bond donors (Lipinski definition) is 1. The van der Waals surface area contributed by atoms with E-state index in [1.54, 1.807) is 0 Å². The van der Waals surface area contributed by atoms with E-state index in [9.17, 15) is 0 Å². The Morgan fingerprint density at radius 2 is 2.15 bits per heavy atom. The van der Waals surface area contributed by atoms with Crippen LogP contribution in [0.5, 0.6) is 0 Å². The smallest absolute Gasteiger partial charge is 0.134 e. The Morgan fingerprint density at radius 1 is 1.35 bits per heavy atom. The van der Waals surface area contributed by atoms with Crippen molar-refractivity contribution >= 4 is 11.6 Å². The van der Waals surface area contributed by atoms with Gasteiger partial charge in [-0.1, -0.05) is 13.8 Å². The van der Waals surface area contributed by atoms with Crippen molar-refractivity contribution in [2.75, 3.05) is 29.9 Å². The van der Waals surface area contributed by atoms with Gasteiger partial charge in [-0.05, 0) is 20.3 Å². The van der Waals surface area contributed by atoms with E-state index in [0.29, 0.717) is 6.04 Å². The van der Waals surface area contributed by atoms with Crippen LogP contribution in [0.2, 0.25) is 0 Å². The van der Waals surface area contributed by atoms with Gasteiger partial charge in [0.05, 0.1) is 18.8 Å². The highest BCUT2D eigenvalue weighted by Crippen LogP contribution is 2.22. The predicted octanol–water partition coefficient (Wildman–Crippen LogP) is 2.47. The van der Waals surface area contributed by atoms with Crippen LogP contribution < -0.4 is 10.2 Å². The molecule has 1 aromatic heterocycles. The molecule has 0 amide bonds. The molecule has 0 aliphatic carbocycles. The van der Waals surface area contributed by atoms with Gasteiger partial charge in [0, 0.05) is 25.6 Å². The Balaban J connectivity index is 2.24. The van der Waals surface area contributed by atoms with Crippen molar-refractivity contribution in [1.29, 1.82) is 0 Å². The second-order valence-electron chi connectivity index (χ2n) is 5.45. The summed E-state index contributed by atoms with van der Waals surface area (Å²) in [6.07, 6.45) is 2.19. The van der Waals surface area contributed by atoms with E-state index in [4.69, 9.17) is 4.74 Å². The van der Waals surface area contributed by atoms with Gasteiger partial charge in [0.25, 0.3) is 0 Å². The molecule has 0 aromatic carbocycles. The van der Waals surface area contributed by atoms with E-state index in [1.807, 2.05) is 0 Å². The van der Waals surface area contributed by atoms with Crippen LogP contribution in [-0.2, 0) is 11.2 Å². The van der Waals surface area contributed by atoms with Crippen molar-refractivity contribution in [2.24, 2.45) is 0 Å². The Hall–Kier alpha value is -1.36. The summed E-state index contributed by atoms with van der Waals surface area (Å²) in [6.45, 7) is 11.1. The second kappa shape index (κ2) is 6.88. The van der Waals surface area contributed by atoms with Crippen molar-refractivity contribution in [3.8, 4) is 0 Å². The molecule has 1 fully saturated rings. The topological polar surface area (TPSA) is 50.3 Å². The molecule has 2 unspecified atom stereocenters. The molecule has 1 aromatic rings. The molecule has 0 saturated carbocycles. The number of nitrogens with one attached hydrogen (secondary N) is 1. The van der Waals surface area contributed by atoms with E-state index in [1.165, 1.54) is 0 Å². The van der Waals surface area contributed by atoms with Gasteiger partial charge in [-0.2, -0.15) is 0 Å². The normalized spacial score (nSPS) is 22.9. The number of aryl methyl sites for hydroxylation is 1. The molecular weight excluding hydrogens is 252 g/mol. The minimum atomic E-state index is 0.248. The van der Waals surface area contributed by atoms with Gasteiger partial charge < -0.3 is 15.0 Å². The number of morpholine rings is 1. The summed E-state index contributed by atoms with van der Waals surface area (Å²) in [7, 11) is 0. The van der Waals surface area contributed by atoms with Crippen molar-refractivity contribution in [3.63, 3.8) is 0 Å². The third-order valence-corrected chi connectivity index (χ3v) is 3.53. The minimum Gasteiger partial charge on any atom is -0.375 e. The molecule has 20 heavy (non-hydrogen) atoms. The average molecular weight is 278 g/mol. The molecule has 0 radical (unpaired) electrons. The maximum atomic E-state index is 5.69. The van der Waals surface area contributed by atoms with E-state index in [0.717, 1.165) is 50.0 Å². The summed E-state index contributed by atoms with van der Waals surface area (Å²) >= 11 is 0. The van der Waals surface area contributed by atoms with Crippen LogP contribution in [0.15, 0.2) is 6.07 Å². The van der Waals surface area contributed by atoms with Crippen molar-refractivity contribution < 1.29 is 4.74 Å². The van der Waals surface area contributed by atoms with Gasteiger partial charge in [-0.3, -0.25) is 0 Å². The molecular formula is C15H26N4O. The maximum Gasteiger partial charge on any atom is 0.134 e. The van der Waals surface area contributed by atoms with Crippen LogP contribution in [0.3, 0.4) is 0 Å². The summed E-state index contributed by atoms with van der Waals surface area (Å²) in [5.74, 6) is 2.84. The Bertz CT molecular complexity index is 438. The summed E-state index contributed by atoms with van der Waals surface area (Å²) in [4.78, 5) is 11.6. The van der Waals surface area contributed by atoms with E-state index in [-0.39, 0.29) is 6.10 Å². The van der Waals surface area contributed by atoms with Gasteiger partial charge >= 0.3 is 0 Å². The monoisotopic (exact) mass is 278 g/mol. The first kappa shape index (κ1) is 15.0. The highest BCUT2D eigenvalue weighted by Gasteiger charge is 2.25. The molecule has 2 rings (SSSR count). The molecule has 1 aliphatic heterocycles. The Morgan fingerprint density at radius 3 is 2.85 bits per heavy atom. The fourth-order valence-electron chi connectivity index (χ4n) is 2.35. The molecule has 0 spiro atoms. The Labute approximate surface area is 121 Å². The van der Waals surface area contributed by atoms with Crippen LogP contribution in [0, 0.1) is 0 Å². The highest BCUT2D eigenvalue weighted by atomic mass is 16.5. The third kappa shape index (κ3) is 3.60. The van der Waals surface area contributed by atoms with Gasteiger partial charge in [0.15, 0.2) is 0 Å². The standard InChI is InChI=1S/C15H26N4O/c1-5-7-16-14-8-15(18-13(6-2)17-14)19-9-12(4)20-10-11(19)3/h8,11-12H,5-7,9-10H2,1-4H3,(H,16,17,18). The quantitative estimate of drug-likeness (QED) is 0.896. The molecule has 1 aliphatic rings. The largest absolute Gasteiger partial charge is 0.375 e. The van der Waals surface area contributed by atoms with Gasteiger partial charge in [-0.15, -0.1) is 0 Å². The van der Waals surface area contributed by atoms with Gasteiger partial charge in [0.2, 0.25) is 0 Å². The zero-order chi connectivity index (χ0) is 14.5. The number of aromatic nitrogens is 2. The van der Waals surface area contributed by atoms with E-state index in [2.05, 4.69) is 53.9 Å². The SMILES string of the molecule is CCCNc1cc(N2CC(C)OCC2C)nc(CC)n1. The van der Waals surface area contributed by atoms with Gasteiger partial charge in [-0.25, -0.2) is 9.97 Å². The van der Waals surface area contributed by atoms with Crippen LogP contribution in [0.4, 0.5) is 11.6 Å².